The summed E-state index contributed by atoms with van der Waals surface area (Å²) in [5, 5.41) is 2.42. The van der Waals surface area contributed by atoms with E-state index in [9.17, 15) is 18.4 Å². The van der Waals surface area contributed by atoms with Gasteiger partial charge in [0.2, 0.25) is 0 Å². The summed E-state index contributed by atoms with van der Waals surface area (Å²) in [6.07, 6.45) is -0.351. The number of ether oxygens (including phenoxy) is 1. The van der Waals surface area contributed by atoms with Crippen LogP contribution >= 0.6 is 0 Å². The van der Waals surface area contributed by atoms with Crippen molar-refractivity contribution in [3.8, 4) is 0 Å². The quantitative estimate of drug-likeness (QED) is 0.845. The second-order valence-electron chi connectivity index (χ2n) is 5.68. The zero-order valence-electron chi connectivity index (χ0n) is 13.8. The Morgan fingerprint density at radius 2 is 2.00 bits per heavy atom. The average Bonchev–Trinajstić information content (AvgIpc) is 2.57. The van der Waals surface area contributed by atoms with Crippen LogP contribution < -0.4 is 10.2 Å². The summed E-state index contributed by atoms with van der Waals surface area (Å²) in [4.78, 5) is 26.5. The highest BCUT2D eigenvalue weighted by Crippen LogP contribution is 2.15. The van der Waals surface area contributed by atoms with Gasteiger partial charge in [-0.3, -0.25) is 9.69 Å². The summed E-state index contributed by atoms with van der Waals surface area (Å²) in [6.45, 7) is 5.93. The molecule has 1 saturated heterocycles. The number of hydrogen-bond donors (Lipinski definition) is 2. The van der Waals surface area contributed by atoms with Crippen LogP contribution in [0, 0.1) is 11.6 Å². The second-order valence-corrected chi connectivity index (χ2v) is 5.68. The van der Waals surface area contributed by atoms with E-state index in [2.05, 4.69) is 5.32 Å². The molecule has 1 heterocycles. The lowest BCUT2D eigenvalue weighted by atomic mass is 10.2. The van der Waals surface area contributed by atoms with Gasteiger partial charge in [0.1, 0.15) is 11.6 Å². The molecule has 8 heteroatoms. The molecule has 2 amide bonds. The fourth-order valence-corrected chi connectivity index (χ4v) is 2.64. The molecule has 0 aliphatic carbocycles. The number of carbonyl (C=O) groups is 2. The highest BCUT2D eigenvalue weighted by Gasteiger charge is 2.31. The van der Waals surface area contributed by atoms with Crippen LogP contribution in [0.2, 0.25) is 0 Å². The first-order valence-electron chi connectivity index (χ1n) is 7.94. The largest absolute Gasteiger partial charge is 0.450 e. The van der Waals surface area contributed by atoms with Crippen LogP contribution in [0.15, 0.2) is 18.2 Å². The maximum atomic E-state index is 13.6. The lowest BCUT2D eigenvalue weighted by Crippen LogP contribution is -3.19. The zero-order chi connectivity index (χ0) is 17.7. The van der Waals surface area contributed by atoms with Gasteiger partial charge >= 0.3 is 6.09 Å². The highest BCUT2D eigenvalue weighted by atomic mass is 19.1. The van der Waals surface area contributed by atoms with Crippen LogP contribution in [0.1, 0.15) is 13.8 Å². The van der Waals surface area contributed by atoms with Gasteiger partial charge in [-0.25, -0.2) is 13.6 Å². The lowest BCUT2D eigenvalue weighted by molar-refractivity contribution is -0.917. The number of carbonyl (C=O) groups excluding carboxylic acids is 2. The van der Waals surface area contributed by atoms with Crippen molar-refractivity contribution in [3.63, 3.8) is 0 Å². The number of nitrogens with zero attached hydrogens (tertiary/aromatic N) is 1. The zero-order valence-corrected chi connectivity index (χ0v) is 13.8. The van der Waals surface area contributed by atoms with Crippen molar-refractivity contribution in [2.24, 2.45) is 0 Å². The minimum absolute atomic E-state index is 0.170. The SMILES string of the molecule is CCOC(=O)N1CC[NH+]([C@H](C)C(=O)Nc2cc(F)ccc2F)CC1. The summed E-state index contributed by atoms with van der Waals surface area (Å²) < 4.78 is 31.7. The first-order chi connectivity index (χ1) is 11.4. The van der Waals surface area contributed by atoms with Crippen LogP contribution in [0.5, 0.6) is 0 Å². The van der Waals surface area contributed by atoms with Crippen molar-refractivity contribution in [1.82, 2.24) is 4.90 Å². The Morgan fingerprint density at radius 1 is 1.33 bits per heavy atom. The van der Waals surface area contributed by atoms with Gasteiger partial charge < -0.3 is 15.0 Å². The summed E-state index contributed by atoms with van der Waals surface area (Å²) in [7, 11) is 0. The summed E-state index contributed by atoms with van der Waals surface area (Å²) >= 11 is 0. The number of amides is 2. The van der Waals surface area contributed by atoms with Crippen molar-refractivity contribution in [2.45, 2.75) is 19.9 Å². The topological polar surface area (TPSA) is 63.1 Å². The van der Waals surface area contributed by atoms with E-state index < -0.39 is 17.7 Å². The number of anilines is 1. The molecule has 0 spiro atoms. The van der Waals surface area contributed by atoms with Gasteiger partial charge in [-0.15, -0.1) is 0 Å². The van der Waals surface area contributed by atoms with E-state index in [-0.39, 0.29) is 17.7 Å². The number of halogens is 2. The number of hydrogen-bond acceptors (Lipinski definition) is 3. The molecule has 0 unspecified atom stereocenters. The lowest BCUT2D eigenvalue weighted by Gasteiger charge is -2.34. The van der Waals surface area contributed by atoms with E-state index in [1.165, 1.54) is 0 Å². The van der Waals surface area contributed by atoms with Gasteiger partial charge in [-0.1, -0.05) is 0 Å². The third-order valence-corrected chi connectivity index (χ3v) is 4.12. The second kappa shape index (κ2) is 8.05. The fourth-order valence-electron chi connectivity index (χ4n) is 2.64. The number of nitrogens with one attached hydrogen (secondary N) is 2. The first-order valence-corrected chi connectivity index (χ1v) is 7.94. The van der Waals surface area contributed by atoms with Crippen LogP contribution in [0.3, 0.4) is 0 Å². The molecule has 1 aromatic rings. The Bertz CT molecular complexity index is 604. The fraction of sp³-hybridized carbons (Fsp3) is 0.500. The molecule has 24 heavy (non-hydrogen) atoms. The highest BCUT2D eigenvalue weighted by molar-refractivity contribution is 5.93. The van der Waals surface area contributed by atoms with Crippen LogP contribution in [0.4, 0.5) is 19.3 Å². The minimum Gasteiger partial charge on any atom is -0.450 e. The van der Waals surface area contributed by atoms with E-state index >= 15 is 0 Å². The molecule has 1 atom stereocenters. The maximum absolute atomic E-state index is 13.6. The standard InChI is InChI=1S/C16H21F2N3O3/c1-3-24-16(23)21-8-6-20(7-9-21)11(2)15(22)19-14-10-12(17)4-5-13(14)18/h4-5,10-11H,3,6-9H2,1-2H3,(H,19,22)/p+1/t11-/m1/s1. The van der Waals surface area contributed by atoms with Gasteiger partial charge in [0.25, 0.3) is 5.91 Å². The summed E-state index contributed by atoms with van der Waals surface area (Å²) in [5.41, 5.74) is -0.170. The molecule has 1 aliphatic rings. The monoisotopic (exact) mass is 342 g/mol. The molecule has 1 aliphatic heterocycles. The van der Waals surface area contributed by atoms with Crippen molar-refractivity contribution in [1.29, 1.82) is 0 Å². The first kappa shape index (κ1) is 18.1. The Balaban J connectivity index is 1.90. The van der Waals surface area contributed by atoms with E-state index in [1.807, 2.05) is 0 Å². The number of quaternary nitrogens is 1. The number of piperazine rings is 1. The predicted octanol–water partition coefficient (Wildman–Crippen LogP) is 0.649. The Hall–Kier alpha value is -2.22. The van der Waals surface area contributed by atoms with E-state index in [0.717, 1.165) is 23.1 Å². The molecule has 1 aromatic carbocycles. The molecule has 1 fully saturated rings. The molecular weight excluding hydrogens is 320 g/mol. The average molecular weight is 342 g/mol. The molecule has 0 radical (unpaired) electrons. The Morgan fingerprint density at radius 3 is 2.62 bits per heavy atom. The van der Waals surface area contributed by atoms with E-state index in [4.69, 9.17) is 4.74 Å². The Kier molecular flexibility index (Phi) is 6.08. The summed E-state index contributed by atoms with van der Waals surface area (Å²) in [5.74, 6) is -1.69. The van der Waals surface area contributed by atoms with Crippen LogP contribution in [-0.2, 0) is 9.53 Å². The molecular formula is C16H22F2N3O3+. The molecule has 2 rings (SSSR count). The van der Waals surface area contributed by atoms with E-state index in [0.29, 0.717) is 32.8 Å². The van der Waals surface area contributed by atoms with Gasteiger partial charge in [0.05, 0.1) is 38.5 Å². The molecule has 2 N–H and O–H groups in total. The third kappa shape index (κ3) is 4.41. The predicted molar refractivity (Wildman–Crippen MR) is 83.7 cm³/mol. The third-order valence-electron chi connectivity index (χ3n) is 4.12. The molecule has 6 nitrogen and oxygen atoms in total. The molecule has 0 saturated carbocycles. The maximum Gasteiger partial charge on any atom is 0.410 e. The van der Waals surface area contributed by atoms with Crippen molar-refractivity contribution in [2.75, 3.05) is 38.1 Å². The van der Waals surface area contributed by atoms with E-state index in [1.54, 1.807) is 18.7 Å². The van der Waals surface area contributed by atoms with Gasteiger partial charge in [-0.2, -0.15) is 0 Å². The minimum atomic E-state index is -0.681. The van der Waals surface area contributed by atoms with Crippen molar-refractivity contribution < 1.29 is 28.0 Å². The van der Waals surface area contributed by atoms with Gasteiger partial charge in [0.15, 0.2) is 6.04 Å². The summed E-state index contributed by atoms with van der Waals surface area (Å²) in [6, 6.07) is 2.47. The Labute approximate surface area is 139 Å². The normalized spacial score (nSPS) is 16.6. The van der Waals surface area contributed by atoms with Gasteiger partial charge in [-0.05, 0) is 26.0 Å². The number of benzene rings is 1. The number of rotatable bonds is 4. The molecule has 0 bridgehead atoms. The molecule has 0 aromatic heterocycles. The van der Waals surface area contributed by atoms with Crippen LogP contribution in [-0.4, -0.2) is 55.7 Å². The van der Waals surface area contributed by atoms with Crippen LogP contribution in [0.25, 0.3) is 0 Å². The smallest absolute Gasteiger partial charge is 0.410 e. The van der Waals surface area contributed by atoms with Gasteiger partial charge in [0, 0.05) is 6.07 Å². The van der Waals surface area contributed by atoms with Crippen molar-refractivity contribution in [3.05, 3.63) is 29.8 Å². The van der Waals surface area contributed by atoms with Crippen molar-refractivity contribution >= 4 is 17.7 Å². The molecule has 132 valence electrons.